The molecule has 0 atom stereocenters. The molecule has 3 aromatic carbocycles. The molecule has 0 unspecified atom stereocenters. The molecule has 4 rings (SSSR count). The van der Waals surface area contributed by atoms with Crippen molar-refractivity contribution in [2.75, 3.05) is 13.2 Å². The van der Waals surface area contributed by atoms with Crippen molar-refractivity contribution in [1.29, 1.82) is 5.26 Å². The van der Waals surface area contributed by atoms with E-state index in [0.717, 1.165) is 28.0 Å². The van der Waals surface area contributed by atoms with Gasteiger partial charge in [0.05, 0.1) is 23.7 Å². The molecule has 1 aromatic heterocycles. The minimum atomic E-state index is -0.250. The molecule has 0 fully saturated rings. The van der Waals surface area contributed by atoms with Crippen LogP contribution in [0.5, 0.6) is 11.5 Å². The van der Waals surface area contributed by atoms with Crippen molar-refractivity contribution in [2.24, 2.45) is 5.10 Å². The number of hydrogen-bond donors (Lipinski definition) is 0. The predicted molar refractivity (Wildman–Crippen MR) is 142 cm³/mol. The fraction of sp³-hybridized carbons (Fsp3) is 0.241. The number of nitriles is 1. The number of fused-ring (bicyclic) bond motifs is 1. The van der Waals surface area contributed by atoms with Gasteiger partial charge in [-0.1, -0.05) is 26.0 Å². The van der Waals surface area contributed by atoms with Crippen molar-refractivity contribution in [3.63, 3.8) is 0 Å². The second kappa shape index (κ2) is 10.9. The molecule has 1 heterocycles. The highest BCUT2D eigenvalue weighted by Gasteiger charge is 2.18. The van der Waals surface area contributed by atoms with E-state index in [9.17, 15) is 4.79 Å². The van der Waals surface area contributed by atoms with Crippen LogP contribution in [0.2, 0.25) is 0 Å². The Morgan fingerprint density at radius 3 is 2.56 bits per heavy atom. The van der Waals surface area contributed by atoms with Crippen molar-refractivity contribution < 1.29 is 9.47 Å². The number of nitrogens with zero attached hydrogens (tertiary/aromatic N) is 4. The quantitative estimate of drug-likeness (QED) is 0.303. The first-order valence-corrected chi connectivity index (χ1v) is 11.9. The number of para-hydroxylation sites is 1. The summed E-state index contributed by atoms with van der Waals surface area (Å²) in [5.41, 5.74) is 3.94. The normalized spacial score (nSPS) is 11.2. The summed E-state index contributed by atoms with van der Waals surface area (Å²) >= 11 is 0. The van der Waals surface area contributed by atoms with Crippen LogP contribution in [0.4, 0.5) is 0 Å². The summed E-state index contributed by atoms with van der Waals surface area (Å²) in [6.45, 7) is 8.72. The molecular formula is C29H28N4O3. The van der Waals surface area contributed by atoms with E-state index in [4.69, 9.17) is 19.7 Å². The van der Waals surface area contributed by atoms with Crippen LogP contribution in [-0.2, 0) is 0 Å². The molecule has 0 aliphatic rings. The molecule has 182 valence electrons. The van der Waals surface area contributed by atoms with Crippen LogP contribution in [-0.4, -0.2) is 29.1 Å². The highest BCUT2D eigenvalue weighted by atomic mass is 16.5. The molecule has 0 saturated heterocycles. The number of hydrogen-bond acceptors (Lipinski definition) is 6. The predicted octanol–water partition coefficient (Wildman–Crippen LogP) is 5.68. The van der Waals surface area contributed by atoms with Crippen LogP contribution in [0.1, 0.15) is 43.4 Å². The first-order valence-electron chi connectivity index (χ1n) is 11.9. The largest absolute Gasteiger partial charge is 0.494 e. The zero-order chi connectivity index (χ0) is 25.7. The van der Waals surface area contributed by atoms with Gasteiger partial charge in [-0.25, -0.2) is 4.98 Å². The highest BCUT2D eigenvalue weighted by molar-refractivity contribution is 5.82. The maximum atomic E-state index is 13.5. The van der Waals surface area contributed by atoms with Gasteiger partial charge in [-0.05, 0) is 85.0 Å². The molecule has 0 aliphatic heterocycles. The van der Waals surface area contributed by atoms with E-state index in [1.54, 1.807) is 24.4 Å². The van der Waals surface area contributed by atoms with Gasteiger partial charge in [-0.2, -0.15) is 15.0 Å². The summed E-state index contributed by atoms with van der Waals surface area (Å²) in [5.74, 6) is 2.11. The fourth-order valence-electron chi connectivity index (χ4n) is 3.97. The van der Waals surface area contributed by atoms with Gasteiger partial charge in [0.1, 0.15) is 17.6 Å². The van der Waals surface area contributed by atoms with E-state index in [1.807, 2.05) is 56.3 Å². The van der Waals surface area contributed by atoms with E-state index in [0.29, 0.717) is 29.1 Å². The molecule has 0 spiro atoms. The van der Waals surface area contributed by atoms with Crippen LogP contribution < -0.4 is 15.0 Å². The zero-order valence-electron chi connectivity index (χ0n) is 20.9. The molecule has 7 nitrogen and oxygen atoms in total. The van der Waals surface area contributed by atoms with Crippen LogP contribution >= 0.6 is 0 Å². The number of aryl methyl sites for hydroxylation is 1. The summed E-state index contributed by atoms with van der Waals surface area (Å²) in [6.07, 6.45) is 1.61. The van der Waals surface area contributed by atoms with Gasteiger partial charge in [-0.3, -0.25) is 4.79 Å². The summed E-state index contributed by atoms with van der Waals surface area (Å²) in [6, 6.07) is 20.4. The second-order valence-corrected chi connectivity index (χ2v) is 8.62. The zero-order valence-corrected chi connectivity index (χ0v) is 20.9. The van der Waals surface area contributed by atoms with Crippen molar-refractivity contribution in [3.05, 3.63) is 87.7 Å². The van der Waals surface area contributed by atoms with Crippen LogP contribution in [0.25, 0.3) is 22.3 Å². The van der Waals surface area contributed by atoms with Gasteiger partial charge in [0.15, 0.2) is 12.4 Å². The van der Waals surface area contributed by atoms with Gasteiger partial charge < -0.3 is 9.47 Å². The van der Waals surface area contributed by atoms with Gasteiger partial charge in [0.25, 0.3) is 5.56 Å². The third kappa shape index (κ3) is 5.13. The smallest absolute Gasteiger partial charge is 0.282 e. The lowest BCUT2D eigenvalue weighted by atomic mass is 9.96. The monoisotopic (exact) mass is 480 g/mol. The minimum absolute atomic E-state index is 0.0191. The van der Waals surface area contributed by atoms with Crippen molar-refractivity contribution >= 4 is 17.1 Å². The summed E-state index contributed by atoms with van der Waals surface area (Å²) in [4.78, 5) is 18.4. The Bertz CT molecular complexity index is 1510. The number of aromatic nitrogens is 2. The number of benzene rings is 3. The Balaban J connectivity index is 1.87. The van der Waals surface area contributed by atoms with E-state index in [1.165, 1.54) is 4.68 Å². The average Bonchev–Trinajstić information content (AvgIpc) is 2.87. The van der Waals surface area contributed by atoms with E-state index < -0.39 is 0 Å². The standard InChI is InChI=1S/C29H28N4O3/c1-5-35-27-16-20(4)25(17-24(27)19(2)3)28-32-26-9-7-6-8-23(26)29(34)33(28)31-18-21-10-12-22(13-11-21)36-15-14-30/h6-13,16-19H,5,15H2,1-4H3. The summed E-state index contributed by atoms with van der Waals surface area (Å²) < 4.78 is 12.6. The molecule has 0 aliphatic carbocycles. The maximum absolute atomic E-state index is 13.5. The van der Waals surface area contributed by atoms with Crippen molar-refractivity contribution in [1.82, 2.24) is 9.66 Å². The molecule has 0 amide bonds. The van der Waals surface area contributed by atoms with Crippen LogP contribution in [0.15, 0.2) is 70.6 Å². The average molecular weight is 481 g/mol. The Morgan fingerprint density at radius 1 is 1.11 bits per heavy atom. The summed E-state index contributed by atoms with van der Waals surface area (Å²) in [5, 5.41) is 13.7. The fourth-order valence-corrected chi connectivity index (χ4v) is 3.97. The topological polar surface area (TPSA) is 89.5 Å². The molecule has 7 heteroatoms. The molecule has 0 radical (unpaired) electrons. The molecule has 0 bridgehead atoms. The van der Waals surface area contributed by atoms with E-state index in [2.05, 4.69) is 25.0 Å². The molecule has 36 heavy (non-hydrogen) atoms. The first-order chi connectivity index (χ1) is 17.4. The van der Waals surface area contributed by atoms with E-state index >= 15 is 0 Å². The van der Waals surface area contributed by atoms with Crippen LogP contribution in [0, 0.1) is 18.3 Å². The SMILES string of the molecule is CCOc1cc(C)c(-c2nc3ccccc3c(=O)n2N=Cc2ccc(OCC#N)cc2)cc1C(C)C. The third-order valence-corrected chi connectivity index (χ3v) is 5.78. The van der Waals surface area contributed by atoms with E-state index in [-0.39, 0.29) is 18.1 Å². The van der Waals surface area contributed by atoms with Crippen molar-refractivity contribution in [2.45, 2.75) is 33.6 Å². The highest BCUT2D eigenvalue weighted by Crippen LogP contribution is 2.34. The lowest BCUT2D eigenvalue weighted by Crippen LogP contribution is -2.20. The lowest BCUT2D eigenvalue weighted by molar-refractivity contribution is 0.335. The molecule has 0 N–H and O–H groups in total. The molecule has 4 aromatic rings. The Morgan fingerprint density at radius 2 is 1.86 bits per heavy atom. The van der Waals surface area contributed by atoms with Crippen molar-refractivity contribution in [3.8, 4) is 29.0 Å². The molecule has 0 saturated carbocycles. The third-order valence-electron chi connectivity index (χ3n) is 5.78. The van der Waals surface area contributed by atoms with Gasteiger partial charge in [0, 0.05) is 5.56 Å². The van der Waals surface area contributed by atoms with Gasteiger partial charge in [-0.15, -0.1) is 0 Å². The van der Waals surface area contributed by atoms with Crippen LogP contribution in [0.3, 0.4) is 0 Å². The lowest BCUT2D eigenvalue weighted by Gasteiger charge is -2.18. The molecular weight excluding hydrogens is 452 g/mol. The second-order valence-electron chi connectivity index (χ2n) is 8.62. The Hall–Kier alpha value is -4.44. The Kier molecular flexibility index (Phi) is 7.45. The number of ether oxygens (including phenoxy) is 2. The maximum Gasteiger partial charge on any atom is 0.282 e. The van der Waals surface area contributed by atoms with Gasteiger partial charge in [0.2, 0.25) is 0 Å². The summed E-state index contributed by atoms with van der Waals surface area (Å²) in [7, 11) is 0. The Labute approximate surface area is 210 Å². The number of rotatable bonds is 8. The first kappa shape index (κ1) is 24.7. The minimum Gasteiger partial charge on any atom is -0.494 e. The van der Waals surface area contributed by atoms with Gasteiger partial charge >= 0.3 is 0 Å².